The summed E-state index contributed by atoms with van der Waals surface area (Å²) in [5.74, 6) is -0.0314. The van der Waals surface area contributed by atoms with E-state index < -0.39 is 21.7 Å². The van der Waals surface area contributed by atoms with E-state index in [0.717, 1.165) is 55.2 Å². The molecule has 2 aliphatic rings. The molecule has 0 radical (unpaired) electrons. The first-order chi connectivity index (χ1) is 20.2. The van der Waals surface area contributed by atoms with Gasteiger partial charge in [-0.1, -0.05) is 42.0 Å². The predicted molar refractivity (Wildman–Crippen MR) is 167 cm³/mol. The average molecular weight is 616 g/mol. The number of sulfonamides is 1. The van der Waals surface area contributed by atoms with Crippen molar-refractivity contribution in [1.82, 2.24) is 4.90 Å². The number of aliphatic imine (C=N–C) groups is 1. The Morgan fingerprint density at radius 3 is 2.67 bits per heavy atom. The van der Waals surface area contributed by atoms with Crippen molar-refractivity contribution in [3.63, 3.8) is 0 Å². The predicted octanol–water partition coefficient (Wildman–Crippen LogP) is 4.46. The maximum atomic E-state index is 13.3. The summed E-state index contributed by atoms with van der Waals surface area (Å²) in [6.45, 7) is 4.29. The summed E-state index contributed by atoms with van der Waals surface area (Å²) < 4.78 is 38.9. The van der Waals surface area contributed by atoms with E-state index in [1.807, 2.05) is 6.07 Å². The molecule has 2 aromatic rings. The number of nitrogens with one attached hydrogen (secondary N) is 1. The second kappa shape index (κ2) is 14.6. The molecule has 1 fully saturated rings. The molecule has 2 heterocycles. The molecule has 0 saturated carbocycles. The number of carbonyl (C=O) groups is 1. The lowest BCUT2D eigenvalue weighted by Crippen LogP contribution is -2.42. The zero-order chi connectivity index (χ0) is 30.1. The minimum absolute atomic E-state index is 0.00820. The van der Waals surface area contributed by atoms with E-state index in [-0.39, 0.29) is 30.1 Å². The normalized spacial score (nSPS) is 16.2. The van der Waals surface area contributed by atoms with Gasteiger partial charge in [-0.2, -0.15) is 0 Å². The van der Waals surface area contributed by atoms with E-state index in [1.165, 1.54) is 18.3 Å². The first-order valence-electron chi connectivity index (χ1n) is 14.2. The van der Waals surface area contributed by atoms with Crippen LogP contribution in [-0.2, 0) is 19.6 Å². The van der Waals surface area contributed by atoms with Gasteiger partial charge in [0.25, 0.3) is 0 Å². The third kappa shape index (κ3) is 8.48. The van der Waals surface area contributed by atoms with Gasteiger partial charge in [0.2, 0.25) is 10.0 Å². The number of piperidine rings is 1. The summed E-state index contributed by atoms with van der Waals surface area (Å²) in [5, 5.41) is 7.91. The van der Waals surface area contributed by atoms with Crippen LogP contribution in [0.25, 0.3) is 6.08 Å². The molecule has 2 aliphatic heterocycles. The number of halogens is 1. The fourth-order valence-corrected chi connectivity index (χ4v) is 6.50. The lowest BCUT2D eigenvalue weighted by molar-refractivity contribution is -0.139. The summed E-state index contributed by atoms with van der Waals surface area (Å²) >= 11 is 6.61. The molecule has 226 valence electrons. The zero-order valence-electron chi connectivity index (χ0n) is 23.8. The summed E-state index contributed by atoms with van der Waals surface area (Å²) in [6, 6.07) is 11.9. The third-order valence-electron chi connectivity index (χ3n) is 7.13. The third-order valence-corrected chi connectivity index (χ3v) is 9.05. The molecule has 42 heavy (non-hydrogen) atoms. The van der Waals surface area contributed by atoms with Gasteiger partial charge in [0.15, 0.2) is 5.75 Å². The molecule has 0 aromatic heterocycles. The number of amidine groups is 2. The first-order valence-corrected chi connectivity index (χ1v) is 16.2. The van der Waals surface area contributed by atoms with E-state index in [0.29, 0.717) is 17.0 Å². The van der Waals surface area contributed by atoms with Crippen molar-refractivity contribution >= 4 is 51.0 Å². The second-order valence-electron chi connectivity index (χ2n) is 10.2. The Labute approximate surface area is 252 Å². The number of hydrogen-bond acceptors (Lipinski definition) is 8. The molecule has 0 spiro atoms. The molecule has 3 N–H and O–H groups in total. The van der Waals surface area contributed by atoms with Gasteiger partial charge in [0.1, 0.15) is 17.7 Å². The topological polar surface area (TPSA) is 138 Å². The summed E-state index contributed by atoms with van der Waals surface area (Å²) in [7, 11) is -4.11. The number of esters is 1. The Bertz CT molecular complexity index is 1440. The zero-order valence-corrected chi connectivity index (χ0v) is 25.4. The Balaban J connectivity index is 1.48. The molecular weight excluding hydrogens is 578 g/mol. The van der Waals surface area contributed by atoms with Crippen LogP contribution in [-0.4, -0.2) is 75.6 Å². The highest BCUT2D eigenvalue weighted by molar-refractivity contribution is 7.93. The minimum atomic E-state index is -4.11. The standard InChI is InChI=1S/C30H38ClN5O5S/c1-2-40-29(37)21-42(38,39)36(16-6-8-22-7-5-9-23(19-22)30(32)33)24-11-12-27(26(31)20-24)41-25-13-17-35(18-14-25)28-10-3-4-15-34-28/h5-9,11-12,19-20,25H,2-4,10,13-18,21H2,1H3,(H3,32,33). The van der Waals surface area contributed by atoms with Crippen LogP contribution in [0.3, 0.4) is 0 Å². The van der Waals surface area contributed by atoms with Crippen molar-refractivity contribution in [2.75, 3.05) is 42.8 Å². The van der Waals surface area contributed by atoms with Crippen LogP contribution >= 0.6 is 11.6 Å². The van der Waals surface area contributed by atoms with Crippen molar-refractivity contribution in [3.8, 4) is 5.75 Å². The van der Waals surface area contributed by atoms with Crippen molar-refractivity contribution < 1.29 is 22.7 Å². The van der Waals surface area contributed by atoms with Gasteiger partial charge in [-0.05, 0) is 49.6 Å². The lowest BCUT2D eigenvalue weighted by Gasteiger charge is -2.35. The Morgan fingerprint density at radius 1 is 1.21 bits per heavy atom. The van der Waals surface area contributed by atoms with E-state index in [2.05, 4.69) is 9.89 Å². The molecule has 1 saturated heterocycles. The van der Waals surface area contributed by atoms with Gasteiger partial charge >= 0.3 is 5.97 Å². The van der Waals surface area contributed by atoms with Crippen LogP contribution < -0.4 is 14.8 Å². The van der Waals surface area contributed by atoms with Gasteiger partial charge in [-0.3, -0.25) is 19.5 Å². The van der Waals surface area contributed by atoms with E-state index in [9.17, 15) is 13.2 Å². The number of benzene rings is 2. The van der Waals surface area contributed by atoms with E-state index in [4.69, 9.17) is 32.2 Å². The van der Waals surface area contributed by atoms with Crippen LogP contribution in [0.1, 0.15) is 50.2 Å². The number of likely N-dealkylation sites (tertiary alicyclic amines) is 1. The molecule has 4 rings (SSSR count). The molecule has 0 bridgehead atoms. The van der Waals surface area contributed by atoms with E-state index >= 15 is 0 Å². The van der Waals surface area contributed by atoms with Gasteiger partial charge < -0.3 is 20.1 Å². The molecule has 12 heteroatoms. The number of anilines is 1. The van der Waals surface area contributed by atoms with Crippen LogP contribution in [0.5, 0.6) is 5.75 Å². The number of rotatable bonds is 11. The summed E-state index contributed by atoms with van der Waals surface area (Å²) in [6.07, 6.45) is 8.44. The number of nitrogens with zero attached hydrogens (tertiary/aromatic N) is 3. The van der Waals surface area contributed by atoms with Gasteiger partial charge in [-0.15, -0.1) is 0 Å². The van der Waals surface area contributed by atoms with E-state index in [1.54, 1.807) is 49.4 Å². The molecule has 10 nitrogen and oxygen atoms in total. The van der Waals surface area contributed by atoms with Crippen LogP contribution in [0.2, 0.25) is 5.02 Å². The number of hydrogen-bond donors (Lipinski definition) is 2. The lowest BCUT2D eigenvalue weighted by atomic mass is 10.1. The van der Waals surface area contributed by atoms with Gasteiger partial charge in [0, 0.05) is 44.5 Å². The highest BCUT2D eigenvalue weighted by atomic mass is 35.5. The monoisotopic (exact) mass is 615 g/mol. The molecule has 2 aromatic carbocycles. The SMILES string of the molecule is CCOC(=O)CS(=O)(=O)N(CC=Cc1cccc(C(=N)N)c1)c1ccc(OC2CCN(C3=NCCCC3)CC2)c(Cl)c1. The van der Waals surface area contributed by atoms with Crippen molar-refractivity contribution in [1.29, 1.82) is 5.41 Å². The average Bonchev–Trinajstić information content (AvgIpc) is 2.97. The fourth-order valence-electron chi connectivity index (χ4n) is 5.00. The van der Waals surface area contributed by atoms with Crippen molar-refractivity contribution in [2.45, 2.75) is 45.1 Å². The molecule has 0 unspecified atom stereocenters. The number of nitrogen functional groups attached to an aromatic ring is 1. The fraction of sp³-hybridized carbons (Fsp3) is 0.433. The van der Waals surface area contributed by atoms with Crippen molar-refractivity contribution in [3.05, 3.63) is 64.7 Å². The maximum absolute atomic E-state index is 13.3. The number of carbonyl (C=O) groups excluding carboxylic acids is 1. The largest absolute Gasteiger partial charge is 0.489 e. The Hall–Kier alpha value is -3.57. The summed E-state index contributed by atoms with van der Waals surface area (Å²) in [5.41, 5.74) is 7.18. The summed E-state index contributed by atoms with van der Waals surface area (Å²) in [4.78, 5) is 19.1. The molecule has 0 aliphatic carbocycles. The number of ether oxygens (including phenoxy) is 2. The van der Waals surface area contributed by atoms with Crippen LogP contribution in [0.15, 0.2) is 53.5 Å². The second-order valence-corrected chi connectivity index (χ2v) is 12.5. The Kier molecular flexibility index (Phi) is 10.9. The maximum Gasteiger partial charge on any atom is 0.323 e. The van der Waals surface area contributed by atoms with Crippen molar-refractivity contribution in [2.24, 2.45) is 10.7 Å². The molecule has 0 amide bonds. The quantitative estimate of drug-likeness (QED) is 0.216. The molecular formula is C30H38ClN5O5S. The van der Waals surface area contributed by atoms with Crippen LogP contribution in [0.4, 0.5) is 5.69 Å². The molecule has 0 atom stereocenters. The smallest absolute Gasteiger partial charge is 0.323 e. The highest BCUT2D eigenvalue weighted by Gasteiger charge is 2.28. The first kappa shape index (κ1) is 31.4. The minimum Gasteiger partial charge on any atom is -0.489 e. The van der Waals surface area contributed by atoms with Gasteiger partial charge in [-0.25, -0.2) is 8.42 Å². The highest BCUT2D eigenvalue weighted by Crippen LogP contribution is 2.33. The van der Waals surface area contributed by atoms with Gasteiger partial charge in [0.05, 0.1) is 29.7 Å². The van der Waals surface area contributed by atoms with Crippen LogP contribution in [0, 0.1) is 5.41 Å². The number of nitrogens with two attached hydrogens (primary N) is 1. The Morgan fingerprint density at radius 2 is 2.00 bits per heavy atom.